The number of carbonyl (C=O) groups excluding carboxylic acids is 1. The van der Waals surface area contributed by atoms with E-state index in [9.17, 15) is 15.0 Å². The molecule has 0 fully saturated rings. The largest absolute Gasteiger partial charge is 0.394 e. The quantitative estimate of drug-likeness (QED) is 0.0488. The highest BCUT2D eigenvalue weighted by Crippen LogP contribution is 2.14. The van der Waals surface area contributed by atoms with Gasteiger partial charge in [0.15, 0.2) is 0 Å². The first-order valence-electron chi connectivity index (χ1n) is 19.5. The lowest BCUT2D eigenvalue weighted by atomic mass is 10.0. The minimum atomic E-state index is -0.677. The Bertz CT molecular complexity index is 632. The number of nitrogens with one attached hydrogen (secondary N) is 1. The van der Waals surface area contributed by atoms with Crippen molar-refractivity contribution >= 4 is 5.91 Å². The van der Waals surface area contributed by atoms with Crippen LogP contribution in [0.15, 0.2) is 24.3 Å². The van der Waals surface area contributed by atoms with E-state index in [0.717, 1.165) is 38.5 Å². The fraction of sp³-hybridized carbons (Fsp3) is 0.875. The predicted molar refractivity (Wildman–Crippen MR) is 193 cm³/mol. The lowest BCUT2D eigenvalue weighted by molar-refractivity contribution is -0.123. The molecule has 0 saturated heterocycles. The number of hydrogen-bond donors (Lipinski definition) is 3. The second-order valence-electron chi connectivity index (χ2n) is 13.3. The Hall–Kier alpha value is -1.13. The zero-order valence-corrected chi connectivity index (χ0v) is 29.7. The Kier molecular flexibility index (Phi) is 35.4. The highest BCUT2D eigenvalue weighted by atomic mass is 16.3. The fourth-order valence-corrected chi connectivity index (χ4v) is 5.88. The van der Waals surface area contributed by atoms with Gasteiger partial charge in [-0.2, -0.15) is 0 Å². The van der Waals surface area contributed by atoms with Crippen LogP contribution in [0.4, 0.5) is 0 Å². The molecule has 0 aliphatic heterocycles. The summed E-state index contributed by atoms with van der Waals surface area (Å²) in [6.07, 6.45) is 45.4. The second kappa shape index (κ2) is 36.3. The average Bonchev–Trinajstić information content (AvgIpc) is 3.03. The number of aliphatic hydroxyl groups is 2. The van der Waals surface area contributed by atoms with E-state index in [-0.39, 0.29) is 12.5 Å². The van der Waals surface area contributed by atoms with E-state index in [1.165, 1.54) is 141 Å². The monoisotopic (exact) mass is 620 g/mol. The molecule has 0 aromatic heterocycles. The third-order valence-electron chi connectivity index (χ3n) is 8.93. The number of carbonyl (C=O) groups is 1. The van der Waals surface area contributed by atoms with Gasteiger partial charge in [-0.05, 0) is 64.2 Å². The number of aliphatic hydroxyl groups excluding tert-OH is 2. The van der Waals surface area contributed by atoms with Crippen molar-refractivity contribution in [1.82, 2.24) is 5.32 Å². The lowest BCUT2D eigenvalue weighted by Gasteiger charge is -2.22. The van der Waals surface area contributed by atoms with Gasteiger partial charge >= 0.3 is 0 Å². The summed E-state index contributed by atoms with van der Waals surface area (Å²) >= 11 is 0. The van der Waals surface area contributed by atoms with Crippen LogP contribution in [-0.2, 0) is 4.79 Å². The summed E-state index contributed by atoms with van der Waals surface area (Å²) in [6.45, 7) is 4.30. The molecule has 0 rings (SSSR count). The molecule has 0 aromatic carbocycles. The zero-order chi connectivity index (χ0) is 32.2. The molecule has 0 saturated carbocycles. The maximum Gasteiger partial charge on any atom is 0.220 e. The van der Waals surface area contributed by atoms with Crippen LogP contribution in [0.3, 0.4) is 0 Å². The molecule has 0 spiro atoms. The van der Waals surface area contributed by atoms with Crippen LogP contribution < -0.4 is 5.32 Å². The molecule has 0 aromatic rings. The Balaban J connectivity index is 3.48. The van der Waals surface area contributed by atoms with Crippen LogP contribution >= 0.6 is 0 Å². The molecule has 0 bridgehead atoms. The molecule has 0 radical (unpaired) electrons. The Morgan fingerprint density at radius 1 is 0.523 bits per heavy atom. The first kappa shape index (κ1) is 42.9. The zero-order valence-electron chi connectivity index (χ0n) is 29.7. The fourth-order valence-electron chi connectivity index (χ4n) is 5.88. The first-order valence-corrected chi connectivity index (χ1v) is 19.5. The highest BCUT2D eigenvalue weighted by molar-refractivity contribution is 5.76. The van der Waals surface area contributed by atoms with Crippen LogP contribution in [0, 0.1) is 0 Å². The summed E-state index contributed by atoms with van der Waals surface area (Å²) in [5.74, 6) is -0.0434. The minimum absolute atomic E-state index is 0.0434. The van der Waals surface area contributed by atoms with Gasteiger partial charge in [-0.1, -0.05) is 160 Å². The van der Waals surface area contributed by atoms with E-state index >= 15 is 0 Å². The topological polar surface area (TPSA) is 69.6 Å². The normalized spacial score (nSPS) is 13.3. The van der Waals surface area contributed by atoms with E-state index < -0.39 is 12.1 Å². The Morgan fingerprint density at radius 3 is 1.30 bits per heavy atom. The molecule has 4 heteroatoms. The molecule has 0 aliphatic rings. The maximum absolute atomic E-state index is 12.3. The van der Waals surface area contributed by atoms with Gasteiger partial charge in [0.1, 0.15) is 0 Å². The van der Waals surface area contributed by atoms with E-state index in [2.05, 4.69) is 43.5 Å². The summed E-state index contributed by atoms with van der Waals surface area (Å²) in [5, 5.41) is 22.9. The summed E-state index contributed by atoms with van der Waals surface area (Å²) in [7, 11) is 0. The highest BCUT2D eigenvalue weighted by Gasteiger charge is 2.19. The summed E-state index contributed by atoms with van der Waals surface area (Å²) in [4.78, 5) is 12.3. The molecule has 3 N–H and O–H groups in total. The van der Waals surface area contributed by atoms with E-state index in [0.29, 0.717) is 12.8 Å². The van der Waals surface area contributed by atoms with Crippen molar-refractivity contribution in [3.63, 3.8) is 0 Å². The molecular formula is C40H77NO3. The average molecular weight is 620 g/mol. The number of amides is 1. The van der Waals surface area contributed by atoms with Crippen LogP contribution in [0.5, 0.6) is 0 Å². The molecule has 4 nitrogen and oxygen atoms in total. The molecule has 0 unspecified atom stereocenters. The predicted octanol–water partition coefficient (Wildman–Crippen LogP) is 11.7. The van der Waals surface area contributed by atoms with Gasteiger partial charge in [-0.15, -0.1) is 0 Å². The van der Waals surface area contributed by atoms with Crippen molar-refractivity contribution < 1.29 is 15.0 Å². The van der Waals surface area contributed by atoms with E-state index in [1.807, 2.05) is 0 Å². The standard InChI is InChI=1S/C40H77NO3/c1-3-5-7-9-11-13-14-15-16-17-18-19-20-21-22-23-24-25-26-28-30-32-34-36-40(44)41-38(37-42)39(43)35-33-31-29-27-12-10-8-6-4-2/h12,15-16,27,38-39,42-43H,3-11,13-14,17-26,28-37H2,1-2H3,(H,41,44)/b16-15+,27-12+/t38-,39+/m0/s1. The third-order valence-corrected chi connectivity index (χ3v) is 8.93. The van der Waals surface area contributed by atoms with Crippen molar-refractivity contribution in [3.8, 4) is 0 Å². The molecule has 0 heterocycles. The number of unbranched alkanes of at least 4 members (excludes halogenated alkanes) is 24. The summed E-state index contributed by atoms with van der Waals surface area (Å²) < 4.78 is 0. The van der Waals surface area contributed by atoms with Gasteiger partial charge in [0.05, 0.1) is 18.8 Å². The van der Waals surface area contributed by atoms with Crippen molar-refractivity contribution in [3.05, 3.63) is 24.3 Å². The molecule has 1 amide bonds. The van der Waals surface area contributed by atoms with Crippen molar-refractivity contribution in [2.24, 2.45) is 0 Å². The summed E-state index contributed by atoms with van der Waals surface area (Å²) in [5.41, 5.74) is 0. The third kappa shape index (κ3) is 32.3. The van der Waals surface area contributed by atoms with Gasteiger partial charge in [0.25, 0.3) is 0 Å². The van der Waals surface area contributed by atoms with Gasteiger partial charge < -0.3 is 15.5 Å². The number of hydrogen-bond acceptors (Lipinski definition) is 3. The molecule has 2 atom stereocenters. The maximum atomic E-state index is 12.3. The first-order chi connectivity index (χ1) is 21.7. The van der Waals surface area contributed by atoms with Gasteiger partial charge in [-0.25, -0.2) is 0 Å². The van der Waals surface area contributed by atoms with Crippen LogP contribution in [0.1, 0.15) is 206 Å². The molecule has 260 valence electrons. The van der Waals surface area contributed by atoms with Crippen LogP contribution in [0.2, 0.25) is 0 Å². The smallest absolute Gasteiger partial charge is 0.220 e. The van der Waals surface area contributed by atoms with Crippen molar-refractivity contribution in [1.29, 1.82) is 0 Å². The van der Waals surface area contributed by atoms with Crippen LogP contribution in [0.25, 0.3) is 0 Å². The second-order valence-corrected chi connectivity index (χ2v) is 13.3. The number of allylic oxidation sites excluding steroid dienone is 4. The van der Waals surface area contributed by atoms with Gasteiger partial charge in [-0.3, -0.25) is 4.79 Å². The molecule has 0 aliphatic carbocycles. The minimum Gasteiger partial charge on any atom is -0.394 e. The summed E-state index contributed by atoms with van der Waals surface area (Å²) in [6, 6.07) is -0.547. The van der Waals surface area contributed by atoms with Crippen molar-refractivity contribution in [2.75, 3.05) is 6.61 Å². The lowest BCUT2D eigenvalue weighted by Crippen LogP contribution is -2.45. The number of rotatable bonds is 35. The Morgan fingerprint density at radius 2 is 0.864 bits per heavy atom. The Labute approximate surface area is 275 Å². The molecular weight excluding hydrogens is 542 g/mol. The van der Waals surface area contributed by atoms with E-state index in [1.54, 1.807) is 0 Å². The van der Waals surface area contributed by atoms with Gasteiger partial charge in [0.2, 0.25) is 5.91 Å². The molecule has 44 heavy (non-hydrogen) atoms. The van der Waals surface area contributed by atoms with Gasteiger partial charge in [0, 0.05) is 6.42 Å². The van der Waals surface area contributed by atoms with Crippen LogP contribution in [-0.4, -0.2) is 34.9 Å². The SMILES string of the molecule is CCCCC/C=C/CCCC[C@@H](O)[C@H](CO)NC(=O)CCCCCCCCCCCCCCC/C=C/CCCCCCCC. The van der Waals surface area contributed by atoms with E-state index in [4.69, 9.17) is 0 Å². The van der Waals surface area contributed by atoms with Crippen molar-refractivity contribution in [2.45, 2.75) is 219 Å².